The van der Waals surface area contributed by atoms with Gasteiger partial charge < -0.3 is 5.32 Å². The maximum atomic E-state index is 5.80. The summed E-state index contributed by atoms with van der Waals surface area (Å²) in [5, 5.41) is 3.55. The molecule has 1 rings (SSSR count). The lowest BCUT2D eigenvalue weighted by Crippen LogP contribution is -2.29. The molecule has 0 bridgehead atoms. The van der Waals surface area contributed by atoms with E-state index in [2.05, 4.69) is 51.2 Å². The largest absolute Gasteiger partial charge is 0.312 e. The highest BCUT2D eigenvalue weighted by atomic mass is 35.5. The van der Waals surface area contributed by atoms with Crippen molar-refractivity contribution < 1.29 is 0 Å². The van der Waals surface area contributed by atoms with Crippen molar-refractivity contribution >= 4 is 11.6 Å². The van der Waals surface area contributed by atoms with Gasteiger partial charge in [0, 0.05) is 19.0 Å². The smallest absolute Gasteiger partial charge is 0.0229 e. The Bertz CT molecular complexity index is 338. The Balaban J connectivity index is 2.51. The average Bonchev–Trinajstić information content (AvgIpc) is 2.22. The lowest BCUT2D eigenvalue weighted by atomic mass is 9.90. The van der Waals surface area contributed by atoms with Gasteiger partial charge in [-0.05, 0) is 42.4 Å². The van der Waals surface area contributed by atoms with Gasteiger partial charge in [0.2, 0.25) is 0 Å². The fourth-order valence-electron chi connectivity index (χ4n) is 2.00. The van der Waals surface area contributed by atoms with E-state index in [0.717, 1.165) is 25.4 Å². The molecule has 0 spiro atoms. The third-order valence-electron chi connectivity index (χ3n) is 3.32. The Morgan fingerprint density at radius 3 is 2.29 bits per heavy atom. The Hall–Kier alpha value is -0.530. The molecule has 0 atom stereocenters. The van der Waals surface area contributed by atoms with E-state index in [-0.39, 0.29) is 5.41 Å². The fourth-order valence-corrected chi connectivity index (χ4v) is 2.51. The van der Waals surface area contributed by atoms with Crippen LogP contribution in [0.15, 0.2) is 18.2 Å². The molecule has 0 aliphatic rings. The number of alkyl halides is 1. The predicted octanol–water partition coefficient (Wildman–Crippen LogP) is 4.05. The molecule has 0 fully saturated rings. The quantitative estimate of drug-likeness (QED) is 0.755. The van der Waals surface area contributed by atoms with E-state index < -0.39 is 0 Å². The van der Waals surface area contributed by atoms with Crippen LogP contribution in [0.2, 0.25) is 0 Å². The van der Waals surface area contributed by atoms with E-state index in [1.54, 1.807) is 0 Å². The number of nitrogens with one attached hydrogen (secondary N) is 1. The Labute approximate surface area is 111 Å². The molecule has 1 aromatic rings. The van der Waals surface area contributed by atoms with E-state index in [1.807, 2.05) is 0 Å². The predicted molar refractivity (Wildman–Crippen MR) is 76.7 cm³/mol. The molecule has 1 nitrogen and oxygen atoms in total. The third kappa shape index (κ3) is 4.69. The van der Waals surface area contributed by atoms with Crippen molar-refractivity contribution in [3.63, 3.8) is 0 Å². The molecule has 0 heterocycles. The number of aryl methyl sites for hydroxylation is 2. The minimum absolute atomic E-state index is 0.276. The monoisotopic (exact) mass is 253 g/mol. The van der Waals surface area contributed by atoms with Gasteiger partial charge in [-0.25, -0.2) is 0 Å². The number of hydrogen-bond acceptors (Lipinski definition) is 1. The van der Waals surface area contributed by atoms with Crippen molar-refractivity contribution in [2.75, 3.05) is 12.4 Å². The van der Waals surface area contributed by atoms with Crippen LogP contribution < -0.4 is 5.32 Å². The van der Waals surface area contributed by atoms with Crippen LogP contribution in [0.1, 0.15) is 37.0 Å². The zero-order valence-electron chi connectivity index (χ0n) is 11.4. The first kappa shape index (κ1) is 14.5. The highest BCUT2D eigenvalue weighted by molar-refractivity contribution is 6.17. The maximum absolute atomic E-state index is 5.80. The van der Waals surface area contributed by atoms with Gasteiger partial charge in [-0.2, -0.15) is 0 Å². The van der Waals surface area contributed by atoms with Crippen molar-refractivity contribution in [3.8, 4) is 0 Å². The number of rotatable bonds is 6. The van der Waals surface area contributed by atoms with E-state index in [4.69, 9.17) is 11.6 Å². The summed E-state index contributed by atoms with van der Waals surface area (Å²) in [4.78, 5) is 0. The van der Waals surface area contributed by atoms with Crippen molar-refractivity contribution in [2.24, 2.45) is 5.41 Å². The van der Waals surface area contributed by atoms with Crippen molar-refractivity contribution in [3.05, 3.63) is 34.9 Å². The Morgan fingerprint density at radius 1 is 1.18 bits per heavy atom. The summed E-state index contributed by atoms with van der Waals surface area (Å²) < 4.78 is 0. The van der Waals surface area contributed by atoms with Crippen LogP contribution in [0.3, 0.4) is 0 Å². The molecule has 96 valence electrons. The molecule has 0 aromatic heterocycles. The van der Waals surface area contributed by atoms with Gasteiger partial charge in [0.05, 0.1) is 0 Å². The standard InChI is InChI=1S/C15H24ClN/c1-12-6-5-7-13(2)14(12)10-17-11-15(3,4)8-9-16/h5-7,17H,8-11H2,1-4H3. The fraction of sp³-hybridized carbons (Fsp3) is 0.600. The second kappa shape index (κ2) is 6.42. The minimum atomic E-state index is 0.276. The lowest BCUT2D eigenvalue weighted by Gasteiger charge is -2.24. The van der Waals surface area contributed by atoms with E-state index in [1.165, 1.54) is 16.7 Å². The summed E-state index contributed by atoms with van der Waals surface area (Å²) >= 11 is 5.80. The van der Waals surface area contributed by atoms with Gasteiger partial charge in [-0.15, -0.1) is 11.6 Å². The topological polar surface area (TPSA) is 12.0 Å². The van der Waals surface area contributed by atoms with Crippen LogP contribution in [-0.4, -0.2) is 12.4 Å². The molecule has 0 saturated heterocycles. The molecule has 2 heteroatoms. The summed E-state index contributed by atoms with van der Waals surface area (Å²) in [7, 11) is 0. The van der Waals surface area contributed by atoms with Crippen LogP contribution in [0, 0.1) is 19.3 Å². The molecule has 1 aromatic carbocycles. The first-order valence-corrected chi connectivity index (χ1v) is 6.81. The number of benzene rings is 1. The van der Waals surface area contributed by atoms with Crippen LogP contribution >= 0.6 is 11.6 Å². The van der Waals surface area contributed by atoms with E-state index >= 15 is 0 Å². The van der Waals surface area contributed by atoms with Gasteiger partial charge in [0.25, 0.3) is 0 Å². The van der Waals surface area contributed by atoms with Gasteiger partial charge in [0.1, 0.15) is 0 Å². The number of hydrogen-bond donors (Lipinski definition) is 1. The molecule has 1 N–H and O–H groups in total. The molecular formula is C15H24ClN. The molecule has 0 aliphatic heterocycles. The normalized spacial score (nSPS) is 11.8. The van der Waals surface area contributed by atoms with Crippen LogP contribution in [0.5, 0.6) is 0 Å². The van der Waals surface area contributed by atoms with E-state index in [9.17, 15) is 0 Å². The van der Waals surface area contributed by atoms with Crippen molar-refractivity contribution in [1.82, 2.24) is 5.32 Å². The second-order valence-electron chi connectivity index (χ2n) is 5.58. The van der Waals surface area contributed by atoms with Gasteiger partial charge in [0.15, 0.2) is 0 Å². The summed E-state index contributed by atoms with van der Waals surface area (Å²) in [6.45, 7) is 10.8. The highest BCUT2D eigenvalue weighted by Gasteiger charge is 2.16. The van der Waals surface area contributed by atoms with E-state index in [0.29, 0.717) is 0 Å². The minimum Gasteiger partial charge on any atom is -0.312 e. The first-order chi connectivity index (χ1) is 7.96. The molecule has 0 aliphatic carbocycles. The van der Waals surface area contributed by atoms with Crippen LogP contribution in [0.25, 0.3) is 0 Å². The SMILES string of the molecule is Cc1cccc(C)c1CNCC(C)(C)CCCl. The van der Waals surface area contributed by atoms with Crippen molar-refractivity contribution in [1.29, 1.82) is 0 Å². The summed E-state index contributed by atoms with van der Waals surface area (Å²) in [5.74, 6) is 0.734. The zero-order chi connectivity index (χ0) is 12.9. The summed E-state index contributed by atoms with van der Waals surface area (Å²) in [5.41, 5.74) is 4.44. The third-order valence-corrected chi connectivity index (χ3v) is 3.51. The highest BCUT2D eigenvalue weighted by Crippen LogP contribution is 2.20. The van der Waals surface area contributed by atoms with Crippen LogP contribution in [-0.2, 0) is 6.54 Å². The van der Waals surface area contributed by atoms with Gasteiger partial charge in [-0.3, -0.25) is 0 Å². The average molecular weight is 254 g/mol. The van der Waals surface area contributed by atoms with Crippen LogP contribution in [0.4, 0.5) is 0 Å². The first-order valence-electron chi connectivity index (χ1n) is 6.28. The molecule has 0 radical (unpaired) electrons. The molecular weight excluding hydrogens is 230 g/mol. The Kier molecular flexibility index (Phi) is 5.48. The molecule has 0 amide bonds. The maximum Gasteiger partial charge on any atom is 0.0229 e. The summed E-state index contributed by atoms with van der Waals surface area (Å²) in [6.07, 6.45) is 1.05. The Morgan fingerprint density at radius 2 is 1.76 bits per heavy atom. The molecule has 0 unspecified atom stereocenters. The van der Waals surface area contributed by atoms with Crippen molar-refractivity contribution in [2.45, 2.75) is 40.7 Å². The number of halogens is 1. The van der Waals surface area contributed by atoms with Gasteiger partial charge in [-0.1, -0.05) is 32.0 Å². The summed E-state index contributed by atoms with van der Waals surface area (Å²) in [6, 6.07) is 6.47. The molecule has 0 saturated carbocycles. The van der Waals surface area contributed by atoms with Gasteiger partial charge >= 0.3 is 0 Å². The zero-order valence-corrected chi connectivity index (χ0v) is 12.2. The lowest BCUT2D eigenvalue weighted by molar-refractivity contribution is 0.329. The molecule has 17 heavy (non-hydrogen) atoms. The second-order valence-corrected chi connectivity index (χ2v) is 5.96.